The number of carboxylic acid groups (broad SMARTS) is 1. The van der Waals surface area contributed by atoms with Crippen molar-refractivity contribution in [2.75, 3.05) is 0 Å². The predicted octanol–water partition coefficient (Wildman–Crippen LogP) is 2.44. The molecule has 0 aromatic rings. The van der Waals surface area contributed by atoms with E-state index in [1.807, 2.05) is 0 Å². The standard InChI is InChI=1S/C11H20O3/c1-3-9-6-4-5-7-10(9)14-8(2)11(12)13/h8-10H,3-7H2,1-2H3,(H,12,13)/t8-,9?,10?/m0/s1. The van der Waals surface area contributed by atoms with E-state index in [9.17, 15) is 4.79 Å². The summed E-state index contributed by atoms with van der Waals surface area (Å²) in [6.07, 6.45) is 5.25. The van der Waals surface area contributed by atoms with E-state index >= 15 is 0 Å². The third kappa shape index (κ3) is 2.98. The smallest absolute Gasteiger partial charge is 0.332 e. The maximum atomic E-state index is 10.6. The summed E-state index contributed by atoms with van der Waals surface area (Å²) in [5.41, 5.74) is 0. The Kier molecular flexibility index (Phi) is 4.39. The highest BCUT2D eigenvalue weighted by Gasteiger charge is 2.27. The molecule has 0 aromatic carbocycles. The zero-order valence-electron chi connectivity index (χ0n) is 9.03. The van der Waals surface area contributed by atoms with Gasteiger partial charge in [-0.15, -0.1) is 0 Å². The molecule has 82 valence electrons. The molecule has 3 nitrogen and oxygen atoms in total. The van der Waals surface area contributed by atoms with Crippen molar-refractivity contribution in [3.63, 3.8) is 0 Å². The molecule has 0 saturated heterocycles. The Hall–Kier alpha value is -0.570. The summed E-state index contributed by atoms with van der Waals surface area (Å²) < 4.78 is 5.56. The number of hydrogen-bond acceptors (Lipinski definition) is 2. The molecular formula is C11H20O3. The molecule has 0 amide bonds. The Balaban J connectivity index is 2.44. The number of hydrogen-bond donors (Lipinski definition) is 1. The van der Waals surface area contributed by atoms with Crippen LogP contribution in [0.15, 0.2) is 0 Å². The molecule has 0 aromatic heterocycles. The van der Waals surface area contributed by atoms with E-state index in [1.165, 1.54) is 19.3 Å². The van der Waals surface area contributed by atoms with Gasteiger partial charge >= 0.3 is 5.97 Å². The van der Waals surface area contributed by atoms with Crippen LogP contribution in [0.2, 0.25) is 0 Å². The van der Waals surface area contributed by atoms with Gasteiger partial charge in [-0.2, -0.15) is 0 Å². The van der Waals surface area contributed by atoms with Crippen molar-refractivity contribution < 1.29 is 14.6 Å². The second-order valence-corrected chi connectivity index (χ2v) is 4.11. The fourth-order valence-electron chi connectivity index (χ4n) is 2.14. The summed E-state index contributed by atoms with van der Waals surface area (Å²) >= 11 is 0. The van der Waals surface area contributed by atoms with Crippen LogP contribution in [0.4, 0.5) is 0 Å². The fourth-order valence-corrected chi connectivity index (χ4v) is 2.14. The van der Waals surface area contributed by atoms with Crippen LogP contribution in [0.1, 0.15) is 46.0 Å². The highest BCUT2D eigenvalue weighted by Crippen LogP contribution is 2.29. The van der Waals surface area contributed by atoms with Gasteiger partial charge in [0, 0.05) is 0 Å². The molecule has 1 N–H and O–H groups in total. The van der Waals surface area contributed by atoms with Crippen LogP contribution in [-0.2, 0) is 9.53 Å². The van der Waals surface area contributed by atoms with Crippen molar-refractivity contribution in [1.82, 2.24) is 0 Å². The molecule has 3 heteroatoms. The van der Waals surface area contributed by atoms with E-state index in [0.29, 0.717) is 5.92 Å². The number of aliphatic carboxylic acids is 1. The van der Waals surface area contributed by atoms with E-state index in [1.54, 1.807) is 6.92 Å². The summed E-state index contributed by atoms with van der Waals surface area (Å²) in [6.45, 7) is 3.77. The van der Waals surface area contributed by atoms with Crippen LogP contribution in [0, 0.1) is 5.92 Å². The van der Waals surface area contributed by atoms with Crippen molar-refractivity contribution in [3.05, 3.63) is 0 Å². The molecule has 1 saturated carbocycles. The van der Waals surface area contributed by atoms with Crippen molar-refractivity contribution >= 4 is 5.97 Å². The lowest BCUT2D eigenvalue weighted by Crippen LogP contribution is -2.33. The lowest BCUT2D eigenvalue weighted by Gasteiger charge is -2.31. The molecule has 0 heterocycles. The van der Waals surface area contributed by atoms with Gasteiger partial charge in [-0.05, 0) is 25.7 Å². The van der Waals surface area contributed by atoms with Crippen LogP contribution < -0.4 is 0 Å². The second kappa shape index (κ2) is 5.35. The van der Waals surface area contributed by atoms with E-state index in [4.69, 9.17) is 9.84 Å². The lowest BCUT2D eigenvalue weighted by atomic mass is 9.84. The Labute approximate surface area is 85.5 Å². The maximum absolute atomic E-state index is 10.6. The van der Waals surface area contributed by atoms with Gasteiger partial charge in [-0.25, -0.2) is 4.79 Å². The Morgan fingerprint density at radius 3 is 2.71 bits per heavy atom. The molecule has 1 aliphatic carbocycles. The molecule has 0 aliphatic heterocycles. The van der Waals surface area contributed by atoms with Crippen LogP contribution in [0.5, 0.6) is 0 Å². The van der Waals surface area contributed by atoms with Crippen molar-refractivity contribution in [2.24, 2.45) is 5.92 Å². The third-order valence-electron chi connectivity index (χ3n) is 3.09. The van der Waals surface area contributed by atoms with Crippen LogP contribution in [0.25, 0.3) is 0 Å². The third-order valence-corrected chi connectivity index (χ3v) is 3.09. The van der Waals surface area contributed by atoms with Gasteiger partial charge in [0.1, 0.15) is 0 Å². The first kappa shape index (κ1) is 11.5. The molecule has 0 radical (unpaired) electrons. The van der Waals surface area contributed by atoms with Gasteiger partial charge in [0.2, 0.25) is 0 Å². The van der Waals surface area contributed by atoms with Crippen LogP contribution in [-0.4, -0.2) is 23.3 Å². The Morgan fingerprint density at radius 2 is 2.14 bits per heavy atom. The minimum absolute atomic E-state index is 0.167. The molecule has 0 spiro atoms. The van der Waals surface area contributed by atoms with Gasteiger partial charge in [-0.3, -0.25) is 0 Å². The molecule has 1 rings (SSSR count). The van der Waals surface area contributed by atoms with Gasteiger partial charge < -0.3 is 9.84 Å². The number of ether oxygens (including phenoxy) is 1. The summed E-state index contributed by atoms with van der Waals surface area (Å²) in [4.78, 5) is 10.6. The van der Waals surface area contributed by atoms with Crippen molar-refractivity contribution in [3.8, 4) is 0 Å². The highest BCUT2D eigenvalue weighted by atomic mass is 16.5. The van der Waals surface area contributed by atoms with E-state index in [2.05, 4.69) is 6.92 Å². The minimum Gasteiger partial charge on any atom is -0.479 e. The minimum atomic E-state index is -0.856. The molecule has 1 fully saturated rings. The quantitative estimate of drug-likeness (QED) is 0.758. The lowest BCUT2D eigenvalue weighted by molar-refractivity contribution is -0.156. The van der Waals surface area contributed by atoms with Gasteiger partial charge in [0.05, 0.1) is 6.10 Å². The molecular weight excluding hydrogens is 180 g/mol. The zero-order valence-corrected chi connectivity index (χ0v) is 9.03. The van der Waals surface area contributed by atoms with Crippen LogP contribution in [0.3, 0.4) is 0 Å². The first-order valence-electron chi connectivity index (χ1n) is 5.53. The molecule has 14 heavy (non-hydrogen) atoms. The fraction of sp³-hybridized carbons (Fsp3) is 0.909. The Morgan fingerprint density at radius 1 is 1.50 bits per heavy atom. The Bertz CT molecular complexity index is 191. The normalized spacial score (nSPS) is 29.9. The monoisotopic (exact) mass is 200 g/mol. The number of rotatable bonds is 4. The summed E-state index contributed by atoms with van der Waals surface area (Å²) in [5, 5.41) is 8.75. The topological polar surface area (TPSA) is 46.5 Å². The van der Waals surface area contributed by atoms with Gasteiger partial charge in [0.25, 0.3) is 0 Å². The molecule has 1 aliphatic rings. The van der Waals surface area contributed by atoms with Crippen molar-refractivity contribution in [1.29, 1.82) is 0 Å². The largest absolute Gasteiger partial charge is 0.479 e. The summed E-state index contributed by atoms with van der Waals surface area (Å²) in [6, 6.07) is 0. The van der Waals surface area contributed by atoms with E-state index < -0.39 is 12.1 Å². The molecule has 2 unspecified atom stereocenters. The van der Waals surface area contributed by atoms with Gasteiger partial charge in [0.15, 0.2) is 6.10 Å². The summed E-state index contributed by atoms with van der Waals surface area (Å²) in [5.74, 6) is -0.295. The SMILES string of the molecule is CCC1CCCCC1O[C@@H](C)C(=O)O. The molecule has 3 atom stereocenters. The van der Waals surface area contributed by atoms with Gasteiger partial charge in [-0.1, -0.05) is 26.2 Å². The average molecular weight is 200 g/mol. The number of carbonyl (C=O) groups is 1. The summed E-state index contributed by atoms with van der Waals surface area (Å²) in [7, 11) is 0. The highest BCUT2D eigenvalue weighted by molar-refractivity contribution is 5.71. The maximum Gasteiger partial charge on any atom is 0.332 e. The average Bonchev–Trinajstić information content (AvgIpc) is 2.18. The van der Waals surface area contributed by atoms with E-state index in [-0.39, 0.29) is 6.10 Å². The molecule has 0 bridgehead atoms. The van der Waals surface area contributed by atoms with E-state index in [0.717, 1.165) is 12.8 Å². The zero-order chi connectivity index (χ0) is 10.6. The first-order valence-corrected chi connectivity index (χ1v) is 5.53. The predicted molar refractivity (Wildman–Crippen MR) is 54.2 cm³/mol. The van der Waals surface area contributed by atoms with Crippen LogP contribution >= 0.6 is 0 Å². The second-order valence-electron chi connectivity index (χ2n) is 4.11. The first-order chi connectivity index (χ1) is 6.65. The van der Waals surface area contributed by atoms with Crippen molar-refractivity contribution in [2.45, 2.75) is 58.2 Å². The number of carboxylic acids is 1.